The van der Waals surface area contributed by atoms with Crippen LogP contribution in [0.5, 0.6) is 0 Å². The Morgan fingerprint density at radius 2 is 2.06 bits per heavy atom. The summed E-state index contributed by atoms with van der Waals surface area (Å²) in [5.74, 6) is 1.11. The third kappa shape index (κ3) is 2.46. The zero-order chi connectivity index (χ0) is 11.4. The lowest BCUT2D eigenvalue weighted by Crippen LogP contribution is -2.10. The summed E-state index contributed by atoms with van der Waals surface area (Å²) in [6.07, 6.45) is 2.41. The van der Waals surface area contributed by atoms with E-state index in [1.165, 1.54) is 12.1 Å². The number of oxazole rings is 1. The molecule has 0 atom stereocenters. The van der Waals surface area contributed by atoms with Crippen molar-refractivity contribution >= 4 is 0 Å². The van der Waals surface area contributed by atoms with E-state index in [1.54, 1.807) is 18.3 Å². The molecule has 1 aromatic carbocycles. The summed E-state index contributed by atoms with van der Waals surface area (Å²) in [6.45, 7) is 0.823. The Balaban J connectivity index is 2.15. The highest BCUT2D eigenvalue weighted by Gasteiger charge is 2.05. The van der Waals surface area contributed by atoms with Gasteiger partial charge < -0.3 is 9.73 Å². The summed E-state index contributed by atoms with van der Waals surface area (Å²) in [7, 11) is 1.88. The Labute approximate surface area is 93.3 Å². The van der Waals surface area contributed by atoms with Gasteiger partial charge in [0.2, 0.25) is 0 Å². The smallest absolute Gasteiger partial charge is 0.196 e. The van der Waals surface area contributed by atoms with Crippen LogP contribution in [-0.4, -0.2) is 18.6 Å². The number of halogens is 1. The molecule has 1 heterocycles. The van der Waals surface area contributed by atoms with Crippen molar-refractivity contribution in [1.29, 1.82) is 0 Å². The average molecular weight is 220 g/mol. The fourth-order valence-electron chi connectivity index (χ4n) is 1.41. The monoisotopic (exact) mass is 220 g/mol. The number of hydrogen-bond acceptors (Lipinski definition) is 3. The molecule has 0 radical (unpaired) electrons. The summed E-state index contributed by atoms with van der Waals surface area (Å²) in [4.78, 5) is 4.15. The van der Waals surface area contributed by atoms with Crippen LogP contribution in [0, 0.1) is 5.82 Å². The molecule has 0 unspecified atom stereocenters. The van der Waals surface area contributed by atoms with E-state index in [9.17, 15) is 4.39 Å². The maximum absolute atomic E-state index is 12.7. The Bertz CT molecular complexity index is 450. The van der Waals surface area contributed by atoms with Gasteiger partial charge in [-0.1, -0.05) is 0 Å². The minimum Gasteiger partial charge on any atom is -0.441 e. The van der Waals surface area contributed by atoms with Crippen molar-refractivity contribution in [3.8, 4) is 11.3 Å². The second-order valence-corrected chi connectivity index (χ2v) is 3.48. The first-order chi connectivity index (χ1) is 7.79. The zero-order valence-electron chi connectivity index (χ0n) is 9.03. The molecule has 0 bridgehead atoms. The van der Waals surface area contributed by atoms with Crippen LogP contribution >= 0.6 is 0 Å². The molecule has 0 fully saturated rings. The minimum absolute atomic E-state index is 0.251. The van der Waals surface area contributed by atoms with Gasteiger partial charge in [-0.25, -0.2) is 9.37 Å². The maximum Gasteiger partial charge on any atom is 0.196 e. The van der Waals surface area contributed by atoms with Gasteiger partial charge in [-0.05, 0) is 31.3 Å². The molecule has 2 rings (SSSR count). The van der Waals surface area contributed by atoms with E-state index in [2.05, 4.69) is 10.3 Å². The van der Waals surface area contributed by atoms with E-state index in [1.807, 2.05) is 7.05 Å². The number of likely N-dealkylation sites (N-methyl/N-ethyl adjacent to an activating group) is 1. The molecule has 0 saturated heterocycles. The van der Waals surface area contributed by atoms with Crippen molar-refractivity contribution in [1.82, 2.24) is 10.3 Å². The lowest BCUT2D eigenvalue weighted by molar-refractivity contribution is 0.500. The molecule has 0 saturated carbocycles. The third-order valence-corrected chi connectivity index (χ3v) is 2.27. The lowest BCUT2D eigenvalue weighted by atomic mass is 10.2. The summed E-state index contributed by atoms with van der Waals surface area (Å²) in [5, 5.41) is 3.02. The van der Waals surface area contributed by atoms with Crippen molar-refractivity contribution in [2.45, 2.75) is 6.42 Å². The highest BCUT2D eigenvalue weighted by atomic mass is 19.1. The van der Waals surface area contributed by atoms with Crippen molar-refractivity contribution in [2.24, 2.45) is 0 Å². The Morgan fingerprint density at radius 3 is 2.75 bits per heavy atom. The first kappa shape index (κ1) is 10.8. The van der Waals surface area contributed by atoms with Crippen molar-refractivity contribution in [3.05, 3.63) is 42.2 Å². The van der Waals surface area contributed by atoms with Gasteiger partial charge in [-0.2, -0.15) is 0 Å². The SMILES string of the molecule is CNCCc1ncc(-c2ccc(F)cc2)o1. The predicted molar refractivity (Wildman–Crippen MR) is 59.5 cm³/mol. The number of nitrogens with zero attached hydrogens (tertiary/aromatic N) is 1. The molecule has 0 aliphatic heterocycles. The fourth-order valence-corrected chi connectivity index (χ4v) is 1.41. The van der Waals surface area contributed by atoms with Gasteiger partial charge in [-0.15, -0.1) is 0 Å². The lowest BCUT2D eigenvalue weighted by Gasteiger charge is -1.96. The van der Waals surface area contributed by atoms with Crippen molar-refractivity contribution < 1.29 is 8.81 Å². The predicted octanol–water partition coefficient (Wildman–Crippen LogP) is 2.24. The molecule has 3 nitrogen and oxygen atoms in total. The quantitative estimate of drug-likeness (QED) is 0.858. The number of aromatic nitrogens is 1. The van der Waals surface area contributed by atoms with E-state index in [-0.39, 0.29) is 5.82 Å². The minimum atomic E-state index is -0.251. The van der Waals surface area contributed by atoms with Crippen LogP contribution in [0.15, 0.2) is 34.9 Å². The van der Waals surface area contributed by atoms with E-state index in [4.69, 9.17) is 4.42 Å². The van der Waals surface area contributed by atoms with Gasteiger partial charge in [0, 0.05) is 18.5 Å². The molecular weight excluding hydrogens is 207 g/mol. The first-order valence-corrected chi connectivity index (χ1v) is 5.15. The van der Waals surface area contributed by atoms with Crippen LogP contribution in [0.4, 0.5) is 4.39 Å². The van der Waals surface area contributed by atoms with Crippen molar-refractivity contribution in [2.75, 3.05) is 13.6 Å². The molecule has 4 heteroatoms. The number of benzene rings is 1. The van der Waals surface area contributed by atoms with Crippen LogP contribution in [0.25, 0.3) is 11.3 Å². The molecular formula is C12H13FN2O. The van der Waals surface area contributed by atoms with E-state index >= 15 is 0 Å². The normalized spacial score (nSPS) is 10.6. The molecule has 1 aromatic heterocycles. The first-order valence-electron chi connectivity index (χ1n) is 5.15. The van der Waals surface area contributed by atoms with Gasteiger partial charge in [0.1, 0.15) is 5.82 Å². The molecule has 0 aliphatic carbocycles. The van der Waals surface area contributed by atoms with E-state index in [0.29, 0.717) is 11.7 Å². The molecule has 16 heavy (non-hydrogen) atoms. The maximum atomic E-state index is 12.7. The second kappa shape index (κ2) is 4.90. The molecule has 84 valence electrons. The summed E-state index contributed by atoms with van der Waals surface area (Å²) in [5.41, 5.74) is 0.838. The highest BCUT2D eigenvalue weighted by molar-refractivity contribution is 5.55. The molecule has 2 aromatic rings. The molecule has 0 aliphatic rings. The highest BCUT2D eigenvalue weighted by Crippen LogP contribution is 2.20. The van der Waals surface area contributed by atoms with Crippen LogP contribution < -0.4 is 5.32 Å². The van der Waals surface area contributed by atoms with Gasteiger partial charge in [0.25, 0.3) is 0 Å². The summed E-state index contributed by atoms with van der Waals surface area (Å²) >= 11 is 0. The Kier molecular flexibility index (Phi) is 3.31. The summed E-state index contributed by atoms with van der Waals surface area (Å²) in [6, 6.07) is 6.17. The average Bonchev–Trinajstić information content (AvgIpc) is 2.76. The molecule has 1 N–H and O–H groups in total. The van der Waals surface area contributed by atoms with Gasteiger partial charge in [0.15, 0.2) is 11.7 Å². The van der Waals surface area contributed by atoms with E-state index in [0.717, 1.165) is 18.5 Å². The largest absolute Gasteiger partial charge is 0.441 e. The topological polar surface area (TPSA) is 38.1 Å². The third-order valence-electron chi connectivity index (χ3n) is 2.27. The zero-order valence-corrected chi connectivity index (χ0v) is 9.03. The van der Waals surface area contributed by atoms with Crippen LogP contribution in [0.2, 0.25) is 0 Å². The second-order valence-electron chi connectivity index (χ2n) is 3.48. The van der Waals surface area contributed by atoms with Gasteiger partial charge >= 0.3 is 0 Å². The summed E-state index contributed by atoms with van der Waals surface area (Å²) < 4.78 is 18.3. The fraction of sp³-hybridized carbons (Fsp3) is 0.250. The standard InChI is InChI=1S/C12H13FN2O/c1-14-7-6-12-15-8-11(16-12)9-2-4-10(13)5-3-9/h2-5,8,14H,6-7H2,1H3. The van der Waals surface area contributed by atoms with Crippen molar-refractivity contribution in [3.63, 3.8) is 0 Å². The molecule has 0 spiro atoms. The van der Waals surface area contributed by atoms with Crippen LogP contribution in [0.1, 0.15) is 5.89 Å². The molecule has 0 amide bonds. The Hall–Kier alpha value is -1.68. The number of hydrogen-bond donors (Lipinski definition) is 1. The van der Waals surface area contributed by atoms with Gasteiger partial charge in [-0.3, -0.25) is 0 Å². The van der Waals surface area contributed by atoms with E-state index < -0.39 is 0 Å². The Morgan fingerprint density at radius 1 is 1.31 bits per heavy atom. The van der Waals surface area contributed by atoms with Crippen LogP contribution in [0.3, 0.4) is 0 Å². The van der Waals surface area contributed by atoms with Crippen LogP contribution in [-0.2, 0) is 6.42 Å². The number of nitrogens with one attached hydrogen (secondary N) is 1. The number of rotatable bonds is 4. The van der Waals surface area contributed by atoms with Gasteiger partial charge in [0.05, 0.1) is 6.20 Å².